The normalized spacial score (nSPS) is 19.5. The lowest BCUT2D eigenvalue weighted by molar-refractivity contribution is 0.530. The Labute approximate surface area is 425 Å². The molecule has 0 saturated heterocycles. The van der Waals surface area contributed by atoms with Crippen molar-refractivity contribution in [2.24, 2.45) is 4.74 Å². The van der Waals surface area contributed by atoms with Gasteiger partial charge in [0.1, 0.15) is 0 Å². The van der Waals surface area contributed by atoms with Crippen molar-refractivity contribution in [1.82, 2.24) is 0 Å². The Morgan fingerprint density at radius 3 is 0.861 bits per heavy atom. The Bertz CT molecular complexity index is 3310. The van der Waals surface area contributed by atoms with Crippen LogP contribution in [0.3, 0.4) is 0 Å². The van der Waals surface area contributed by atoms with E-state index in [1.807, 2.05) is 0 Å². The Morgan fingerprint density at radius 1 is 0.347 bits per heavy atom. The van der Waals surface area contributed by atoms with Crippen molar-refractivity contribution in [3.8, 4) is 0 Å². The minimum atomic E-state index is -2.80. The number of nitrogens with zero attached hydrogens (tertiary/aromatic N) is 1. The van der Waals surface area contributed by atoms with Gasteiger partial charge in [0.2, 0.25) is 0 Å². The molecule has 2 heteroatoms. The summed E-state index contributed by atoms with van der Waals surface area (Å²) in [6.45, 7) is 7.20. The van der Waals surface area contributed by atoms with E-state index in [0.29, 0.717) is 0 Å². The highest BCUT2D eigenvalue weighted by Gasteiger charge is 2.54. The third-order valence-electron chi connectivity index (χ3n) is 17.1. The summed E-state index contributed by atoms with van der Waals surface area (Å²) in [5.74, 6) is 0.370. The van der Waals surface area contributed by atoms with E-state index >= 15 is 0 Å². The van der Waals surface area contributed by atoms with Crippen LogP contribution in [0.5, 0.6) is 0 Å². The van der Waals surface area contributed by atoms with Gasteiger partial charge >= 0.3 is 0 Å². The van der Waals surface area contributed by atoms with Gasteiger partial charge in [-0.25, -0.2) is 0 Å². The van der Waals surface area contributed by atoms with E-state index in [1.54, 1.807) is 0 Å². The molecular formula is C70H56NP. The molecule has 0 fully saturated rings. The quantitative estimate of drug-likeness (QED) is 0.135. The average Bonchev–Trinajstić information content (AvgIpc) is 3.43. The zero-order valence-electron chi connectivity index (χ0n) is 41.1. The third kappa shape index (κ3) is 6.04. The topological polar surface area (TPSA) is 12.4 Å². The molecule has 72 heavy (non-hydrogen) atoms. The molecular weight excluding hydrogens is 886 g/mol. The molecule has 0 spiro atoms. The lowest BCUT2D eigenvalue weighted by atomic mass is 9.51. The largest absolute Gasteiger partial charge is 0.253 e. The molecule has 0 aromatic heterocycles. The van der Waals surface area contributed by atoms with Crippen LogP contribution in [0.4, 0.5) is 5.69 Å². The fourth-order valence-electron chi connectivity index (χ4n) is 14.1. The Kier molecular flexibility index (Phi) is 9.74. The molecule has 6 aliphatic carbocycles. The number of rotatable bonds is 8. The maximum Gasteiger partial charge on any atom is 0.0690 e. The molecule has 346 valence electrons. The number of benzene rings is 10. The standard InChI is InChI=1S/C70H56NP/c1-68(2,3)49-43-47(45-69-59-37-19-13-31-53(59)65(54-32-14-20-38-60(54)69)55-33-15-21-39-61(55)69)67(71-72(50-25-7-4-8-26-50,51-27-9-5-10-28-51)52-29-11-6-12-30-52)48(44-49)46-70-62-40-22-16-34-56(62)66(57-35-17-23-41-63(57)70)58-36-18-24-42-64(58)70/h4-44,65-66H,45-46H2,1-3H3. The van der Waals surface area contributed by atoms with Crippen LogP contribution in [0, 0.1) is 0 Å². The van der Waals surface area contributed by atoms with E-state index in [4.69, 9.17) is 4.74 Å². The van der Waals surface area contributed by atoms with Crippen LogP contribution in [0.25, 0.3) is 0 Å². The monoisotopic (exact) mass is 941 g/mol. The first-order valence-corrected chi connectivity index (χ1v) is 27.6. The zero-order chi connectivity index (χ0) is 48.2. The van der Waals surface area contributed by atoms with Crippen LogP contribution in [0.1, 0.15) is 116 Å². The molecule has 0 unspecified atom stereocenters. The molecule has 0 heterocycles. The van der Waals surface area contributed by atoms with Gasteiger partial charge < -0.3 is 0 Å². The summed E-state index contributed by atoms with van der Waals surface area (Å²) in [5.41, 5.74) is 20.9. The molecule has 16 rings (SSSR count). The molecule has 1 nitrogen and oxygen atoms in total. The molecule has 0 radical (unpaired) electrons. The smallest absolute Gasteiger partial charge is 0.0690 e. The van der Waals surface area contributed by atoms with Gasteiger partial charge in [-0.2, -0.15) is 0 Å². The SMILES string of the molecule is CC(C)(C)c1cc(CC23c4ccccc4C(c4ccccc42)c2ccccc23)c(N=P(c2ccccc2)(c2ccccc2)c2ccccc2)c(CC23c4ccccc4C(c4ccccc42)c2ccccc23)c1. The third-order valence-corrected chi connectivity index (χ3v) is 20.7. The summed E-state index contributed by atoms with van der Waals surface area (Å²) in [7, 11) is -2.80. The molecule has 0 aliphatic heterocycles. The number of hydrogen-bond acceptors (Lipinski definition) is 1. The van der Waals surface area contributed by atoms with E-state index in [9.17, 15) is 0 Å². The van der Waals surface area contributed by atoms with Gasteiger partial charge in [0.25, 0.3) is 0 Å². The minimum absolute atomic E-state index is 0.169. The van der Waals surface area contributed by atoms with Crippen molar-refractivity contribution in [3.05, 3.63) is 332 Å². The van der Waals surface area contributed by atoms with Gasteiger partial charge in [0.05, 0.1) is 23.6 Å². The lowest BCUT2D eigenvalue weighted by Gasteiger charge is -2.52. The first-order chi connectivity index (χ1) is 35.3. The number of hydrogen-bond donors (Lipinski definition) is 0. The van der Waals surface area contributed by atoms with E-state index in [2.05, 4.69) is 269 Å². The zero-order valence-corrected chi connectivity index (χ0v) is 42.0. The Morgan fingerprint density at radius 2 is 0.597 bits per heavy atom. The molecule has 10 aromatic carbocycles. The molecule has 10 aromatic rings. The van der Waals surface area contributed by atoms with Gasteiger partial charge in [-0.15, -0.1) is 0 Å². The van der Waals surface area contributed by atoms with Crippen LogP contribution in [-0.4, -0.2) is 0 Å². The van der Waals surface area contributed by atoms with Crippen molar-refractivity contribution in [3.63, 3.8) is 0 Å². The molecule has 4 bridgehead atoms. The van der Waals surface area contributed by atoms with Crippen molar-refractivity contribution >= 4 is 28.7 Å². The predicted molar refractivity (Wildman–Crippen MR) is 300 cm³/mol. The molecule has 0 atom stereocenters. The maximum absolute atomic E-state index is 6.76. The van der Waals surface area contributed by atoms with Gasteiger partial charge in [-0.1, -0.05) is 269 Å². The van der Waals surface area contributed by atoms with Crippen molar-refractivity contribution in [2.45, 2.75) is 61.7 Å². The van der Waals surface area contributed by atoms with E-state index < -0.39 is 17.9 Å². The first-order valence-electron chi connectivity index (χ1n) is 25.8. The second-order valence-electron chi connectivity index (χ2n) is 21.7. The fraction of sp³-hybridized carbons (Fsp3) is 0.143. The summed E-state index contributed by atoms with van der Waals surface area (Å²) in [6.07, 6.45) is 1.50. The minimum Gasteiger partial charge on any atom is -0.253 e. The maximum atomic E-state index is 6.76. The van der Waals surface area contributed by atoms with Crippen LogP contribution >= 0.6 is 7.05 Å². The van der Waals surface area contributed by atoms with Crippen molar-refractivity contribution in [1.29, 1.82) is 0 Å². The van der Waals surface area contributed by atoms with Gasteiger partial charge in [-0.05, 0) is 102 Å². The van der Waals surface area contributed by atoms with E-state index in [1.165, 1.54) is 99.4 Å². The summed E-state index contributed by atoms with van der Waals surface area (Å²) >= 11 is 0. The van der Waals surface area contributed by atoms with Gasteiger partial charge in [0, 0.05) is 27.7 Å². The summed E-state index contributed by atoms with van der Waals surface area (Å²) in [6, 6.07) is 95.2. The Balaban J connectivity index is 1.16. The van der Waals surface area contributed by atoms with Crippen molar-refractivity contribution in [2.75, 3.05) is 0 Å². The predicted octanol–water partition coefficient (Wildman–Crippen LogP) is 15.6. The summed E-state index contributed by atoms with van der Waals surface area (Å²) in [4.78, 5) is 0. The average molecular weight is 942 g/mol. The van der Waals surface area contributed by atoms with E-state index in [0.717, 1.165) is 18.5 Å². The highest BCUT2D eigenvalue weighted by molar-refractivity contribution is 7.87. The summed E-state index contributed by atoms with van der Waals surface area (Å²) in [5, 5.41) is 3.73. The van der Waals surface area contributed by atoms with Gasteiger partial charge in [-0.3, -0.25) is 4.74 Å². The molecule has 0 amide bonds. The molecule has 6 aliphatic rings. The highest BCUT2D eigenvalue weighted by atomic mass is 31.2. The second kappa shape index (κ2) is 16.2. The van der Waals surface area contributed by atoms with E-state index in [-0.39, 0.29) is 17.3 Å². The second-order valence-corrected chi connectivity index (χ2v) is 24.7. The fourth-order valence-corrected chi connectivity index (χ4v) is 17.7. The summed E-state index contributed by atoms with van der Waals surface area (Å²) < 4.78 is 6.76. The first kappa shape index (κ1) is 43.2. The molecule has 0 saturated carbocycles. The lowest BCUT2D eigenvalue weighted by Crippen LogP contribution is -2.44. The van der Waals surface area contributed by atoms with Crippen LogP contribution in [-0.2, 0) is 29.1 Å². The Hall–Kier alpha value is -7.57. The highest BCUT2D eigenvalue weighted by Crippen LogP contribution is 2.64. The van der Waals surface area contributed by atoms with Crippen LogP contribution in [0.15, 0.2) is 253 Å². The van der Waals surface area contributed by atoms with Crippen LogP contribution < -0.4 is 15.9 Å². The molecule has 0 N–H and O–H groups in total. The van der Waals surface area contributed by atoms with Crippen molar-refractivity contribution < 1.29 is 0 Å². The van der Waals surface area contributed by atoms with Gasteiger partial charge in [0.15, 0.2) is 0 Å². The van der Waals surface area contributed by atoms with Crippen LogP contribution in [0.2, 0.25) is 0 Å².